The van der Waals surface area contributed by atoms with Gasteiger partial charge in [0.15, 0.2) is 0 Å². The maximum Gasteiger partial charge on any atom is 0.253 e. The molecule has 1 saturated carbocycles. The molecule has 2 aromatic heterocycles. The van der Waals surface area contributed by atoms with Crippen molar-refractivity contribution in [2.24, 2.45) is 5.92 Å². The number of nitrogens with zero attached hydrogens (tertiary/aromatic N) is 1. The van der Waals surface area contributed by atoms with Crippen molar-refractivity contribution in [3.63, 3.8) is 0 Å². The largest absolute Gasteiger partial charge is 0.358 e. The van der Waals surface area contributed by atoms with E-state index in [1.807, 2.05) is 18.2 Å². The summed E-state index contributed by atoms with van der Waals surface area (Å²) in [6.45, 7) is 0. The van der Waals surface area contributed by atoms with Gasteiger partial charge >= 0.3 is 0 Å². The van der Waals surface area contributed by atoms with E-state index in [0.717, 1.165) is 28.9 Å². The summed E-state index contributed by atoms with van der Waals surface area (Å²) in [6.07, 6.45) is 10.9. The van der Waals surface area contributed by atoms with E-state index in [1.165, 1.54) is 32.1 Å². The fraction of sp³-hybridized carbons (Fsp3) is 0.444. The highest BCUT2D eigenvalue weighted by Gasteiger charge is 2.32. The Bertz CT molecular complexity index is 671. The first-order valence-electron chi connectivity index (χ1n) is 8.24. The summed E-state index contributed by atoms with van der Waals surface area (Å²) in [5, 5.41) is 3.24. The summed E-state index contributed by atoms with van der Waals surface area (Å²) in [6, 6.07) is 6.20. The highest BCUT2D eigenvalue weighted by atomic mass is 16.1. The Kier molecular flexibility index (Phi) is 3.45. The third-order valence-corrected chi connectivity index (χ3v) is 5.09. The summed E-state index contributed by atoms with van der Waals surface area (Å²) in [5.74, 6) is 0.715. The van der Waals surface area contributed by atoms with Crippen molar-refractivity contribution in [2.75, 3.05) is 0 Å². The van der Waals surface area contributed by atoms with Crippen LogP contribution in [0.4, 0.5) is 0 Å². The second kappa shape index (κ2) is 5.59. The maximum atomic E-state index is 12.4. The minimum Gasteiger partial charge on any atom is -0.358 e. The molecule has 114 valence electrons. The molecule has 1 atom stereocenters. The highest BCUT2D eigenvalue weighted by Crippen LogP contribution is 2.32. The molecular weight excluding hydrogens is 274 g/mol. The number of carbonyl (C=O) groups is 1. The van der Waals surface area contributed by atoms with Gasteiger partial charge < -0.3 is 10.3 Å². The summed E-state index contributed by atoms with van der Waals surface area (Å²) in [7, 11) is 0. The Hall–Kier alpha value is -2.10. The van der Waals surface area contributed by atoms with Crippen LogP contribution in [0.1, 0.15) is 48.2 Å². The first-order valence-corrected chi connectivity index (χ1v) is 8.24. The Morgan fingerprint density at radius 1 is 1.09 bits per heavy atom. The Morgan fingerprint density at radius 3 is 2.64 bits per heavy atom. The normalized spacial score (nSPS) is 22.2. The van der Waals surface area contributed by atoms with Crippen molar-refractivity contribution in [1.29, 1.82) is 0 Å². The number of rotatable bonds is 2. The predicted molar refractivity (Wildman–Crippen MR) is 85.6 cm³/mol. The maximum absolute atomic E-state index is 12.4. The van der Waals surface area contributed by atoms with E-state index in [-0.39, 0.29) is 5.91 Å². The fourth-order valence-electron chi connectivity index (χ4n) is 3.89. The summed E-state index contributed by atoms with van der Waals surface area (Å²) >= 11 is 0. The molecule has 22 heavy (non-hydrogen) atoms. The van der Waals surface area contributed by atoms with Crippen LogP contribution in [0.5, 0.6) is 0 Å². The topological polar surface area (TPSA) is 57.8 Å². The Morgan fingerprint density at radius 2 is 1.86 bits per heavy atom. The van der Waals surface area contributed by atoms with Gasteiger partial charge in [-0.05, 0) is 37.0 Å². The third-order valence-electron chi connectivity index (χ3n) is 5.09. The van der Waals surface area contributed by atoms with E-state index < -0.39 is 0 Å². The molecule has 1 fully saturated rings. The Balaban J connectivity index is 1.61. The fourth-order valence-corrected chi connectivity index (χ4v) is 3.89. The number of hydrogen-bond acceptors (Lipinski definition) is 2. The molecule has 0 saturated heterocycles. The number of aromatic amines is 1. The summed E-state index contributed by atoms with van der Waals surface area (Å²) < 4.78 is 0. The predicted octanol–water partition coefficient (Wildman–Crippen LogP) is 3.31. The first kappa shape index (κ1) is 13.6. The molecule has 2 N–H and O–H groups in total. The van der Waals surface area contributed by atoms with Crippen molar-refractivity contribution < 1.29 is 4.79 Å². The number of carbonyl (C=O) groups excluding carboxylic acids is 1. The lowest BCUT2D eigenvalue weighted by Gasteiger charge is -2.33. The average molecular weight is 295 g/mol. The zero-order valence-electron chi connectivity index (χ0n) is 12.6. The zero-order valence-corrected chi connectivity index (χ0v) is 12.6. The van der Waals surface area contributed by atoms with E-state index in [1.54, 1.807) is 12.4 Å². The van der Waals surface area contributed by atoms with Crippen molar-refractivity contribution in [2.45, 2.75) is 44.6 Å². The zero-order chi connectivity index (χ0) is 14.9. The van der Waals surface area contributed by atoms with Crippen LogP contribution in [0.25, 0.3) is 11.3 Å². The van der Waals surface area contributed by atoms with Gasteiger partial charge in [-0.3, -0.25) is 9.78 Å². The molecule has 1 amide bonds. The van der Waals surface area contributed by atoms with Gasteiger partial charge in [-0.15, -0.1) is 0 Å². The van der Waals surface area contributed by atoms with E-state index in [4.69, 9.17) is 0 Å². The molecule has 2 aromatic rings. The van der Waals surface area contributed by atoms with Gasteiger partial charge in [0.25, 0.3) is 5.91 Å². The quantitative estimate of drug-likeness (QED) is 0.893. The van der Waals surface area contributed by atoms with Gasteiger partial charge in [0.2, 0.25) is 0 Å². The number of hydrogen-bond donors (Lipinski definition) is 2. The smallest absolute Gasteiger partial charge is 0.253 e. The first-order chi connectivity index (χ1) is 10.8. The Labute approximate surface area is 130 Å². The molecule has 0 bridgehead atoms. The molecule has 1 aliphatic carbocycles. The average Bonchev–Trinajstić information content (AvgIpc) is 3.01. The van der Waals surface area contributed by atoms with Crippen LogP contribution in [-0.4, -0.2) is 21.9 Å². The van der Waals surface area contributed by atoms with E-state index in [2.05, 4.69) is 15.3 Å². The highest BCUT2D eigenvalue weighted by molar-refractivity contribution is 5.98. The van der Waals surface area contributed by atoms with Gasteiger partial charge in [0.1, 0.15) is 0 Å². The van der Waals surface area contributed by atoms with Gasteiger partial charge in [-0.2, -0.15) is 0 Å². The molecular formula is C18H21N3O. The third kappa shape index (κ3) is 2.43. The monoisotopic (exact) mass is 295 g/mol. The molecule has 0 spiro atoms. The van der Waals surface area contributed by atoms with Gasteiger partial charge in [-0.1, -0.05) is 19.3 Å². The van der Waals surface area contributed by atoms with Crippen molar-refractivity contribution in [3.05, 3.63) is 41.9 Å². The lowest BCUT2D eigenvalue weighted by Crippen LogP contribution is -2.46. The van der Waals surface area contributed by atoms with E-state index in [0.29, 0.717) is 12.0 Å². The van der Waals surface area contributed by atoms with Crippen molar-refractivity contribution >= 4 is 5.91 Å². The lowest BCUT2D eigenvalue weighted by atomic mass is 9.80. The number of H-pyrrole nitrogens is 1. The van der Waals surface area contributed by atoms with Crippen LogP contribution in [0.2, 0.25) is 0 Å². The molecule has 4 rings (SSSR count). The van der Waals surface area contributed by atoms with Gasteiger partial charge in [0, 0.05) is 41.8 Å². The second-order valence-electron chi connectivity index (χ2n) is 6.49. The minimum absolute atomic E-state index is 0.0772. The summed E-state index contributed by atoms with van der Waals surface area (Å²) in [5.41, 5.74) is 3.98. The van der Waals surface area contributed by atoms with E-state index in [9.17, 15) is 4.79 Å². The molecule has 4 nitrogen and oxygen atoms in total. The standard InChI is InChI=1S/C18H21N3O/c22-18-14-10-15(13-6-8-19-9-7-13)20-17(14)11-16(21-18)12-4-2-1-3-5-12/h6-10,12,16,20H,1-5,11H2,(H,21,22)/t16-/m0/s1. The molecule has 0 radical (unpaired) electrons. The van der Waals surface area contributed by atoms with Crippen LogP contribution in [0.15, 0.2) is 30.6 Å². The van der Waals surface area contributed by atoms with Crippen molar-refractivity contribution in [3.8, 4) is 11.3 Å². The SMILES string of the molecule is O=C1N[C@H](C2CCCCC2)Cc2[nH]c(-c3ccncc3)cc21. The molecule has 3 heterocycles. The van der Waals surface area contributed by atoms with Gasteiger partial charge in [0.05, 0.1) is 5.56 Å². The number of amides is 1. The van der Waals surface area contributed by atoms with E-state index >= 15 is 0 Å². The molecule has 1 aliphatic heterocycles. The number of pyridine rings is 1. The summed E-state index contributed by atoms with van der Waals surface area (Å²) in [4.78, 5) is 19.9. The molecule has 4 heteroatoms. The number of nitrogens with one attached hydrogen (secondary N) is 2. The minimum atomic E-state index is 0.0772. The van der Waals surface area contributed by atoms with Crippen LogP contribution in [0, 0.1) is 5.92 Å². The number of fused-ring (bicyclic) bond motifs is 1. The molecule has 0 aromatic carbocycles. The molecule has 2 aliphatic rings. The van der Waals surface area contributed by atoms with Gasteiger partial charge in [-0.25, -0.2) is 0 Å². The van der Waals surface area contributed by atoms with Crippen molar-refractivity contribution in [1.82, 2.24) is 15.3 Å². The number of aromatic nitrogens is 2. The molecule has 0 unspecified atom stereocenters. The second-order valence-corrected chi connectivity index (χ2v) is 6.49. The van der Waals surface area contributed by atoms with Crippen LogP contribution >= 0.6 is 0 Å². The van der Waals surface area contributed by atoms with Crippen LogP contribution in [-0.2, 0) is 6.42 Å². The lowest BCUT2D eigenvalue weighted by molar-refractivity contribution is 0.0896. The van der Waals surface area contributed by atoms with Crippen LogP contribution < -0.4 is 5.32 Å². The van der Waals surface area contributed by atoms with Crippen LogP contribution in [0.3, 0.4) is 0 Å².